The molecule has 2 amide bonds. The number of nitrogens with two attached hydrogens (primary N) is 1. The molecule has 0 bridgehead atoms. The van der Waals surface area contributed by atoms with Crippen LogP contribution in [0.25, 0.3) is 11.3 Å². The molecule has 7 nitrogen and oxygen atoms in total. The van der Waals surface area contributed by atoms with Crippen molar-refractivity contribution in [3.05, 3.63) is 63.7 Å². The molecule has 166 valence electrons. The molecule has 1 fully saturated rings. The van der Waals surface area contributed by atoms with Crippen LogP contribution in [0.15, 0.2) is 34.9 Å². The van der Waals surface area contributed by atoms with Crippen LogP contribution < -0.4 is 5.73 Å². The number of hydrogen-bond donors (Lipinski definition) is 1. The van der Waals surface area contributed by atoms with Gasteiger partial charge in [0.15, 0.2) is 5.76 Å². The van der Waals surface area contributed by atoms with Gasteiger partial charge in [0, 0.05) is 41.9 Å². The van der Waals surface area contributed by atoms with Crippen LogP contribution in [-0.4, -0.2) is 39.6 Å². The number of piperidine rings is 1. The Morgan fingerprint density at radius 1 is 1.25 bits per heavy atom. The van der Waals surface area contributed by atoms with E-state index in [9.17, 15) is 9.59 Å². The van der Waals surface area contributed by atoms with Gasteiger partial charge in [0.25, 0.3) is 5.91 Å². The van der Waals surface area contributed by atoms with E-state index in [2.05, 4.69) is 6.20 Å². The number of aromatic nitrogens is 2. The highest BCUT2D eigenvalue weighted by Gasteiger charge is 2.34. The summed E-state index contributed by atoms with van der Waals surface area (Å²) in [6, 6.07) is 7.73. The molecule has 0 saturated carbocycles. The highest BCUT2D eigenvalue weighted by atomic mass is 35.5. The van der Waals surface area contributed by atoms with Crippen LogP contribution in [0.4, 0.5) is 0 Å². The van der Waals surface area contributed by atoms with Crippen LogP contribution in [0.2, 0.25) is 5.02 Å². The van der Waals surface area contributed by atoms with Gasteiger partial charge < -0.3 is 15.1 Å². The molecule has 2 aliphatic rings. The SMILES string of the molecule is Cc1c(C(=O)N2CCCC(C(N)=O)C2)oc2c1-c1nn(Cc3ccc(Cl)cc3)cc1CC2. The lowest BCUT2D eigenvalue weighted by Gasteiger charge is -2.30. The molecule has 3 aromatic rings. The monoisotopic (exact) mass is 452 g/mol. The van der Waals surface area contributed by atoms with E-state index in [0.717, 1.165) is 59.4 Å². The Hall–Kier alpha value is -3.06. The number of halogens is 1. The van der Waals surface area contributed by atoms with E-state index < -0.39 is 0 Å². The summed E-state index contributed by atoms with van der Waals surface area (Å²) in [5, 5.41) is 5.54. The summed E-state index contributed by atoms with van der Waals surface area (Å²) in [6.07, 6.45) is 5.10. The van der Waals surface area contributed by atoms with Gasteiger partial charge in [-0.05, 0) is 49.4 Å². The summed E-state index contributed by atoms with van der Waals surface area (Å²) in [5.41, 5.74) is 10.4. The van der Waals surface area contributed by atoms with Crippen molar-refractivity contribution in [2.24, 2.45) is 11.7 Å². The average Bonchev–Trinajstić information content (AvgIpc) is 3.35. The van der Waals surface area contributed by atoms with Gasteiger partial charge in [0.1, 0.15) is 5.76 Å². The maximum Gasteiger partial charge on any atom is 0.289 e. The number of carbonyl (C=O) groups is 2. The van der Waals surface area contributed by atoms with Gasteiger partial charge in [-0.25, -0.2) is 0 Å². The molecular formula is C24H25ClN4O3. The Bertz CT molecular complexity index is 1190. The normalized spacial score (nSPS) is 17.7. The molecule has 5 rings (SSSR count). The van der Waals surface area contributed by atoms with Gasteiger partial charge in [-0.2, -0.15) is 5.10 Å². The summed E-state index contributed by atoms with van der Waals surface area (Å²) in [6.45, 7) is 3.51. The van der Waals surface area contributed by atoms with Crippen molar-refractivity contribution in [1.29, 1.82) is 0 Å². The second kappa shape index (κ2) is 8.13. The average molecular weight is 453 g/mol. The van der Waals surface area contributed by atoms with Crippen LogP contribution in [0.1, 0.15) is 45.8 Å². The molecule has 1 aromatic carbocycles. The van der Waals surface area contributed by atoms with Gasteiger partial charge in [-0.3, -0.25) is 14.3 Å². The number of fused-ring (bicyclic) bond motifs is 3. The zero-order chi connectivity index (χ0) is 22.4. The smallest absolute Gasteiger partial charge is 0.289 e. The van der Waals surface area contributed by atoms with E-state index in [1.165, 1.54) is 0 Å². The number of carbonyl (C=O) groups excluding carboxylic acids is 2. The van der Waals surface area contributed by atoms with Crippen LogP contribution in [0.3, 0.4) is 0 Å². The largest absolute Gasteiger partial charge is 0.455 e. The van der Waals surface area contributed by atoms with Gasteiger partial charge in [0.2, 0.25) is 5.91 Å². The molecule has 1 aliphatic heterocycles. The summed E-state index contributed by atoms with van der Waals surface area (Å²) in [5.74, 6) is 0.324. The van der Waals surface area contributed by atoms with Crippen molar-refractivity contribution in [2.75, 3.05) is 13.1 Å². The third kappa shape index (κ3) is 3.71. The molecule has 2 N–H and O–H groups in total. The van der Waals surface area contributed by atoms with Crippen LogP contribution in [-0.2, 0) is 24.2 Å². The van der Waals surface area contributed by atoms with E-state index in [-0.39, 0.29) is 17.7 Å². The lowest BCUT2D eigenvalue weighted by atomic mass is 9.93. The molecule has 1 aliphatic carbocycles. The fourth-order valence-electron chi connectivity index (χ4n) is 4.76. The first-order chi connectivity index (χ1) is 15.4. The summed E-state index contributed by atoms with van der Waals surface area (Å²) in [7, 11) is 0. The summed E-state index contributed by atoms with van der Waals surface area (Å²) >= 11 is 5.99. The molecule has 32 heavy (non-hydrogen) atoms. The number of amides is 2. The first-order valence-electron chi connectivity index (χ1n) is 10.9. The molecule has 1 unspecified atom stereocenters. The number of furan rings is 1. The van der Waals surface area contributed by atoms with Gasteiger partial charge >= 0.3 is 0 Å². The lowest BCUT2D eigenvalue weighted by Crippen LogP contribution is -2.44. The molecule has 2 aromatic heterocycles. The fourth-order valence-corrected chi connectivity index (χ4v) is 4.89. The van der Waals surface area contributed by atoms with Gasteiger partial charge in [0.05, 0.1) is 18.2 Å². The highest BCUT2D eigenvalue weighted by Crippen LogP contribution is 2.39. The molecule has 1 saturated heterocycles. The number of rotatable bonds is 4. The Kier molecular flexibility index (Phi) is 5.29. The van der Waals surface area contributed by atoms with Gasteiger partial charge in [-0.1, -0.05) is 23.7 Å². The maximum absolute atomic E-state index is 13.2. The van der Waals surface area contributed by atoms with E-state index in [0.29, 0.717) is 30.4 Å². The summed E-state index contributed by atoms with van der Waals surface area (Å²) in [4.78, 5) is 26.5. The first-order valence-corrected chi connectivity index (χ1v) is 11.3. The number of hydrogen-bond acceptors (Lipinski definition) is 4. The molecule has 0 spiro atoms. The third-order valence-corrected chi connectivity index (χ3v) is 6.73. The zero-order valence-electron chi connectivity index (χ0n) is 17.9. The Morgan fingerprint density at radius 2 is 2.03 bits per heavy atom. The minimum atomic E-state index is -0.353. The van der Waals surface area contributed by atoms with E-state index in [1.54, 1.807) is 4.90 Å². The van der Waals surface area contributed by atoms with Crippen molar-refractivity contribution in [1.82, 2.24) is 14.7 Å². The predicted octanol–water partition coefficient (Wildman–Crippen LogP) is 3.59. The summed E-state index contributed by atoms with van der Waals surface area (Å²) < 4.78 is 8.00. The zero-order valence-corrected chi connectivity index (χ0v) is 18.7. The first kappa shape index (κ1) is 20.8. The molecule has 0 radical (unpaired) electrons. The molecule has 1 atom stereocenters. The van der Waals surface area contributed by atoms with Crippen LogP contribution >= 0.6 is 11.6 Å². The van der Waals surface area contributed by atoms with Crippen LogP contribution in [0.5, 0.6) is 0 Å². The van der Waals surface area contributed by atoms with E-state index in [4.69, 9.17) is 26.9 Å². The highest BCUT2D eigenvalue weighted by molar-refractivity contribution is 6.30. The third-order valence-electron chi connectivity index (χ3n) is 6.48. The van der Waals surface area contributed by atoms with E-state index >= 15 is 0 Å². The van der Waals surface area contributed by atoms with Crippen LogP contribution in [0, 0.1) is 12.8 Å². The Morgan fingerprint density at radius 3 is 2.78 bits per heavy atom. The maximum atomic E-state index is 13.2. The number of nitrogens with zero attached hydrogens (tertiary/aromatic N) is 3. The number of aryl methyl sites for hydroxylation is 2. The lowest BCUT2D eigenvalue weighted by molar-refractivity contribution is -0.123. The number of primary amides is 1. The Balaban J connectivity index is 1.42. The minimum Gasteiger partial charge on any atom is -0.455 e. The standard InChI is InChI=1S/C24H25ClN4O3/c1-14-20-19(32-22(14)24(31)28-10-2-3-17(12-28)23(26)30)9-6-16-13-29(27-21(16)20)11-15-4-7-18(25)8-5-15/h4-5,7-8,13,17H,2-3,6,9-12H2,1H3,(H2,26,30). The fraction of sp³-hybridized carbons (Fsp3) is 0.375. The molecule has 8 heteroatoms. The number of likely N-dealkylation sites (tertiary alicyclic amines) is 1. The minimum absolute atomic E-state index is 0.176. The van der Waals surface area contributed by atoms with Gasteiger partial charge in [-0.15, -0.1) is 0 Å². The second-order valence-electron chi connectivity index (χ2n) is 8.67. The predicted molar refractivity (Wildman–Crippen MR) is 120 cm³/mol. The van der Waals surface area contributed by atoms with Crippen molar-refractivity contribution in [2.45, 2.75) is 39.2 Å². The molecule has 3 heterocycles. The number of benzene rings is 1. The Labute approximate surface area is 191 Å². The van der Waals surface area contributed by atoms with Crippen molar-refractivity contribution in [3.63, 3.8) is 0 Å². The van der Waals surface area contributed by atoms with Crippen molar-refractivity contribution in [3.8, 4) is 11.3 Å². The quantitative estimate of drug-likeness (QED) is 0.654. The van der Waals surface area contributed by atoms with Crippen molar-refractivity contribution >= 4 is 23.4 Å². The topological polar surface area (TPSA) is 94.4 Å². The second-order valence-corrected chi connectivity index (χ2v) is 9.11. The molecular weight excluding hydrogens is 428 g/mol. The van der Waals surface area contributed by atoms with E-state index in [1.807, 2.05) is 35.9 Å². The van der Waals surface area contributed by atoms with Crippen molar-refractivity contribution < 1.29 is 14.0 Å².